The van der Waals surface area contributed by atoms with Crippen molar-refractivity contribution in [1.82, 2.24) is 4.98 Å². The molecule has 1 aromatic rings. The Bertz CT molecular complexity index is 372. The molecule has 0 spiro atoms. The minimum absolute atomic E-state index is 0.520. The van der Waals surface area contributed by atoms with E-state index in [0.717, 1.165) is 15.7 Å². The lowest BCUT2D eigenvalue weighted by atomic mass is 9.86. The molecule has 4 heteroatoms. The molecule has 1 aromatic heterocycles. The molecule has 0 aliphatic heterocycles. The van der Waals surface area contributed by atoms with E-state index in [1.807, 2.05) is 7.05 Å². The first-order valence-corrected chi connectivity index (χ1v) is 6.25. The number of hydrogen-bond donors (Lipinski definition) is 1. The largest absolute Gasteiger partial charge is 0.365 e. The molecule has 0 unspecified atom stereocenters. The highest BCUT2D eigenvalue weighted by atomic mass is 32.1. The van der Waals surface area contributed by atoms with Crippen LogP contribution in [-0.4, -0.2) is 12.0 Å². The third kappa shape index (κ3) is 2.13. The van der Waals surface area contributed by atoms with Crippen LogP contribution in [0.4, 0.5) is 5.13 Å². The Kier molecular flexibility index (Phi) is 3.22. The Morgan fingerprint density at radius 2 is 2.13 bits per heavy atom. The maximum atomic E-state index is 9.05. The average molecular weight is 221 g/mol. The second-order valence-corrected chi connectivity index (χ2v) is 4.93. The minimum Gasteiger partial charge on any atom is -0.365 e. The first-order chi connectivity index (χ1) is 7.35. The van der Waals surface area contributed by atoms with Crippen LogP contribution in [0.25, 0.3) is 0 Å². The monoisotopic (exact) mass is 221 g/mol. The molecular weight excluding hydrogens is 206 g/mol. The molecule has 0 aromatic carbocycles. The Morgan fingerprint density at radius 1 is 1.40 bits per heavy atom. The van der Waals surface area contributed by atoms with Crippen LogP contribution in [-0.2, 0) is 0 Å². The van der Waals surface area contributed by atoms with E-state index in [0.29, 0.717) is 5.92 Å². The van der Waals surface area contributed by atoms with Gasteiger partial charge in [0.05, 0.1) is 5.69 Å². The predicted molar refractivity (Wildman–Crippen MR) is 62.2 cm³/mol. The van der Waals surface area contributed by atoms with Crippen LogP contribution < -0.4 is 5.32 Å². The van der Waals surface area contributed by atoms with Crippen molar-refractivity contribution in [3.05, 3.63) is 10.6 Å². The third-order valence-electron chi connectivity index (χ3n) is 2.96. The number of hydrogen-bond acceptors (Lipinski definition) is 4. The van der Waals surface area contributed by atoms with Gasteiger partial charge in [-0.3, -0.25) is 0 Å². The van der Waals surface area contributed by atoms with Gasteiger partial charge in [0.25, 0.3) is 0 Å². The van der Waals surface area contributed by atoms with Gasteiger partial charge in [0.2, 0.25) is 0 Å². The van der Waals surface area contributed by atoms with E-state index in [4.69, 9.17) is 5.26 Å². The van der Waals surface area contributed by atoms with Gasteiger partial charge < -0.3 is 5.32 Å². The SMILES string of the molecule is CNc1nc(C2CCCCC2)c(C#N)s1. The molecule has 1 aliphatic rings. The van der Waals surface area contributed by atoms with Crippen molar-refractivity contribution < 1.29 is 0 Å². The molecule has 0 atom stereocenters. The molecule has 1 saturated carbocycles. The van der Waals surface area contributed by atoms with E-state index in [1.54, 1.807) is 0 Å². The molecule has 80 valence electrons. The van der Waals surface area contributed by atoms with Crippen LogP contribution in [0.2, 0.25) is 0 Å². The Hall–Kier alpha value is -1.08. The summed E-state index contributed by atoms with van der Waals surface area (Å²) in [4.78, 5) is 5.31. The number of nitrogens with zero attached hydrogens (tertiary/aromatic N) is 2. The summed E-state index contributed by atoms with van der Waals surface area (Å²) in [5.74, 6) is 0.520. The fourth-order valence-electron chi connectivity index (χ4n) is 2.17. The van der Waals surface area contributed by atoms with Gasteiger partial charge in [-0.2, -0.15) is 5.26 Å². The lowest BCUT2D eigenvalue weighted by Crippen LogP contribution is -2.06. The van der Waals surface area contributed by atoms with Crippen molar-refractivity contribution in [2.45, 2.75) is 38.0 Å². The van der Waals surface area contributed by atoms with Crippen molar-refractivity contribution in [1.29, 1.82) is 5.26 Å². The number of anilines is 1. The molecule has 1 fully saturated rings. The van der Waals surface area contributed by atoms with Crippen molar-refractivity contribution in [2.24, 2.45) is 0 Å². The summed E-state index contributed by atoms with van der Waals surface area (Å²) in [6.45, 7) is 0. The lowest BCUT2D eigenvalue weighted by Gasteiger charge is -2.19. The third-order valence-corrected chi connectivity index (χ3v) is 3.95. The minimum atomic E-state index is 0.520. The molecule has 1 heterocycles. The van der Waals surface area contributed by atoms with Gasteiger partial charge in [0, 0.05) is 13.0 Å². The molecule has 0 amide bonds. The van der Waals surface area contributed by atoms with Gasteiger partial charge in [0.1, 0.15) is 10.9 Å². The second kappa shape index (κ2) is 4.63. The predicted octanol–water partition coefficient (Wildman–Crippen LogP) is 3.10. The van der Waals surface area contributed by atoms with E-state index in [2.05, 4.69) is 16.4 Å². The normalized spacial score (nSPS) is 17.3. The van der Waals surface area contributed by atoms with Crippen molar-refractivity contribution in [3.63, 3.8) is 0 Å². The number of rotatable bonds is 2. The summed E-state index contributed by atoms with van der Waals surface area (Å²) in [5, 5.41) is 12.9. The van der Waals surface area contributed by atoms with Gasteiger partial charge in [0.15, 0.2) is 5.13 Å². The summed E-state index contributed by atoms with van der Waals surface area (Å²) >= 11 is 1.47. The summed E-state index contributed by atoms with van der Waals surface area (Å²) in [6.07, 6.45) is 6.29. The first-order valence-electron chi connectivity index (χ1n) is 5.43. The Balaban J connectivity index is 2.25. The molecule has 2 rings (SSSR count). The molecule has 1 aliphatic carbocycles. The highest BCUT2D eigenvalue weighted by Crippen LogP contribution is 2.36. The zero-order valence-corrected chi connectivity index (χ0v) is 9.73. The molecule has 0 radical (unpaired) electrons. The number of nitrogens with one attached hydrogen (secondary N) is 1. The lowest BCUT2D eigenvalue weighted by molar-refractivity contribution is 0.437. The van der Waals surface area contributed by atoms with Crippen LogP contribution in [0.3, 0.4) is 0 Å². The van der Waals surface area contributed by atoms with Crippen molar-refractivity contribution >= 4 is 16.5 Å². The summed E-state index contributed by atoms with van der Waals surface area (Å²) in [5.41, 5.74) is 1.03. The van der Waals surface area contributed by atoms with Crippen LogP contribution in [0.15, 0.2) is 0 Å². The molecule has 0 saturated heterocycles. The number of thiazole rings is 1. The standard InChI is InChI=1S/C11H15N3S/c1-13-11-14-10(9(7-12)15-11)8-5-3-2-4-6-8/h8H,2-6H2,1H3,(H,13,14). The molecular formula is C11H15N3S. The second-order valence-electron chi connectivity index (χ2n) is 3.93. The molecule has 3 nitrogen and oxygen atoms in total. The molecule has 15 heavy (non-hydrogen) atoms. The number of nitriles is 1. The Morgan fingerprint density at radius 3 is 2.73 bits per heavy atom. The maximum absolute atomic E-state index is 9.05. The summed E-state index contributed by atoms with van der Waals surface area (Å²) < 4.78 is 0. The molecule has 1 N–H and O–H groups in total. The zero-order valence-electron chi connectivity index (χ0n) is 8.92. The molecule has 0 bridgehead atoms. The summed E-state index contributed by atoms with van der Waals surface area (Å²) in [6, 6.07) is 2.26. The van der Waals surface area contributed by atoms with Gasteiger partial charge in [-0.15, -0.1) is 0 Å². The first kappa shape index (κ1) is 10.4. The van der Waals surface area contributed by atoms with E-state index in [-0.39, 0.29) is 0 Å². The van der Waals surface area contributed by atoms with E-state index >= 15 is 0 Å². The summed E-state index contributed by atoms with van der Waals surface area (Å²) in [7, 11) is 1.85. The smallest absolute Gasteiger partial charge is 0.183 e. The fraction of sp³-hybridized carbons (Fsp3) is 0.636. The van der Waals surface area contributed by atoms with Crippen LogP contribution in [0.1, 0.15) is 48.6 Å². The topological polar surface area (TPSA) is 48.7 Å². The van der Waals surface area contributed by atoms with Crippen molar-refractivity contribution in [3.8, 4) is 6.07 Å². The highest BCUT2D eigenvalue weighted by Gasteiger charge is 2.22. The van der Waals surface area contributed by atoms with Gasteiger partial charge >= 0.3 is 0 Å². The average Bonchev–Trinajstić information content (AvgIpc) is 2.73. The maximum Gasteiger partial charge on any atom is 0.183 e. The van der Waals surface area contributed by atoms with Gasteiger partial charge in [-0.25, -0.2) is 4.98 Å². The quantitative estimate of drug-likeness (QED) is 0.834. The highest BCUT2D eigenvalue weighted by molar-refractivity contribution is 7.16. The van der Waals surface area contributed by atoms with Gasteiger partial charge in [-0.05, 0) is 12.8 Å². The van der Waals surface area contributed by atoms with Crippen molar-refractivity contribution in [2.75, 3.05) is 12.4 Å². The van der Waals surface area contributed by atoms with E-state index < -0.39 is 0 Å². The Labute approximate surface area is 94.1 Å². The zero-order chi connectivity index (χ0) is 10.7. The van der Waals surface area contributed by atoms with Gasteiger partial charge in [-0.1, -0.05) is 30.6 Å². The van der Waals surface area contributed by atoms with Crippen LogP contribution >= 0.6 is 11.3 Å². The number of aromatic nitrogens is 1. The van der Waals surface area contributed by atoms with E-state index in [9.17, 15) is 0 Å². The van der Waals surface area contributed by atoms with Crippen LogP contribution in [0, 0.1) is 11.3 Å². The van der Waals surface area contributed by atoms with Crippen LogP contribution in [0.5, 0.6) is 0 Å². The fourth-order valence-corrected chi connectivity index (χ4v) is 2.97. The van der Waals surface area contributed by atoms with E-state index in [1.165, 1.54) is 43.4 Å².